The van der Waals surface area contributed by atoms with Crippen LogP contribution in [0.5, 0.6) is 0 Å². The van der Waals surface area contributed by atoms with Gasteiger partial charge in [0.15, 0.2) is 0 Å². The maximum Gasteiger partial charge on any atom is 0.264 e. The first-order valence-electron chi connectivity index (χ1n) is 10.5. The van der Waals surface area contributed by atoms with E-state index in [-0.39, 0.29) is 18.0 Å². The molecule has 4 aromatic rings. The molecule has 4 rings (SSSR count). The van der Waals surface area contributed by atoms with Crippen molar-refractivity contribution in [2.45, 2.75) is 18.4 Å². The molecule has 0 aliphatic heterocycles. The van der Waals surface area contributed by atoms with E-state index in [9.17, 15) is 13.2 Å². The number of nitrogens with one attached hydrogen (secondary N) is 1. The average Bonchev–Trinajstić information content (AvgIpc) is 3.37. The Kier molecular flexibility index (Phi) is 7.00. The van der Waals surface area contributed by atoms with Crippen molar-refractivity contribution in [3.63, 3.8) is 0 Å². The molecule has 0 radical (unpaired) electrons. The van der Waals surface area contributed by atoms with Gasteiger partial charge in [-0.15, -0.1) is 0 Å². The van der Waals surface area contributed by atoms with Gasteiger partial charge in [0.1, 0.15) is 6.54 Å². The van der Waals surface area contributed by atoms with Crippen LogP contribution in [-0.2, 0) is 21.4 Å². The van der Waals surface area contributed by atoms with Gasteiger partial charge < -0.3 is 9.88 Å². The Balaban J connectivity index is 1.57. The predicted octanol–water partition coefficient (Wildman–Crippen LogP) is 4.35. The van der Waals surface area contributed by atoms with Crippen molar-refractivity contribution in [2.24, 2.45) is 0 Å². The molecule has 9 heteroatoms. The van der Waals surface area contributed by atoms with E-state index in [1.54, 1.807) is 48.9 Å². The first-order chi connectivity index (χ1) is 16.3. The minimum Gasteiger partial charge on any atom is -0.350 e. The van der Waals surface area contributed by atoms with Crippen molar-refractivity contribution in [1.82, 2.24) is 14.9 Å². The van der Waals surface area contributed by atoms with Crippen molar-refractivity contribution in [3.05, 3.63) is 108 Å². The number of halogens is 1. The second-order valence-electron chi connectivity index (χ2n) is 7.68. The van der Waals surface area contributed by atoms with Gasteiger partial charge in [0.05, 0.1) is 22.6 Å². The smallest absolute Gasteiger partial charge is 0.264 e. The number of aromatic nitrogens is 2. The van der Waals surface area contributed by atoms with Crippen molar-refractivity contribution in [3.8, 4) is 5.69 Å². The van der Waals surface area contributed by atoms with Crippen molar-refractivity contribution in [2.75, 3.05) is 10.8 Å². The quantitative estimate of drug-likeness (QED) is 0.395. The van der Waals surface area contributed by atoms with Crippen molar-refractivity contribution < 1.29 is 13.2 Å². The van der Waals surface area contributed by atoms with Crippen LogP contribution >= 0.6 is 11.6 Å². The summed E-state index contributed by atoms with van der Waals surface area (Å²) in [6.45, 7) is 1.72. The van der Waals surface area contributed by atoms with Gasteiger partial charge in [-0.3, -0.25) is 9.10 Å². The SMILES string of the molecule is Cc1ccc(S(=O)(=O)N(CC(=O)NCc2ccccc2-n2ccnc2)c2ccc(Cl)cc2)cc1. The highest BCUT2D eigenvalue weighted by molar-refractivity contribution is 7.92. The Morgan fingerprint density at radius 3 is 2.41 bits per heavy atom. The van der Waals surface area contributed by atoms with Crippen LogP contribution in [0.25, 0.3) is 5.69 Å². The number of carbonyl (C=O) groups excluding carboxylic acids is 1. The summed E-state index contributed by atoms with van der Waals surface area (Å²) >= 11 is 5.99. The minimum atomic E-state index is -3.99. The number of para-hydroxylation sites is 1. The van der Waals surface area contributed by atoms with Crippen LogP contribution in [-0.4, -0.2) is 30.4 Å². The Morgan fingerprint density at radius 1 is 1.03 bits per heavy atom. The van der Waals surface area contributed by atoms with Gasteiger partial charge in [-0.2, -0.15) is 0 Å². The number of nitrogens with zero attached hydrogens (tertiary/aromatic N) is 3. The van der Waals surface area contributed by atoms with Crippen molar-refractivity contribution in [1.29, 1.82) is 0 Å². The summed E-state index contributed by atoms with van der Waals surface area (Å²) in [6, 6.07) is 20.5. The largest absolute Gasteiger partial charge is 0.350 e. The zero-order chi connectivity index (χ0) is 24.1. The van der Waals surface area contributed by atoms with Crippen LogP contribution in [0.2, 0.25) is 5.02 Å². The van der Waals surface area contributed by atoms with Crippen LogP contribution in [0.4, 0.5) is 5.69 Å². The monoisotopic (exact) mass is 494 g/mol. The molecule has 0 aliphatic rings. The molecule has 0 fully saturated rings. The summed E-state index contributed by atoms with van der Waals surface area (Å²) in [7, 11) is -3.99. The molecule has 0 atom stereocenters. The van der Waals surface area contributed by atoms with E-state index in [1.165, 1.54) is 12.1 Å². The number of amides is 1. The van der Waals surface area contributed by atoms with E-state index >= 15 is 0 Å². The molecule has 174 valence electrons. The molecule has 34 heavy (non-hydrogen) atoms. The molecule has 0 unspecified atom stereocenters. The lowest BCUT2D eigenvalue weighted by Gasteiger charge is -2.24. The second-order valence-corrected chi connectivity index (χ2v) is 9.98. The van der Waals surface area contributed by atoms with Gasteiger partial charge in [-0.25, -0.2) is 13.4 Å². The van der Waals surface area contributed by atoms with Gasteiger partial charge in [0, 0.05) is 24.0 Å². The molecule has 1 amide bonds. The Hall–Kier alpha value is -3.62. The third kappa shape index (κ3) is 5.30. The molecular formula is C25H23ClN4O3S. The molecule has 7 nitrogen and oxygen atoms in total. The van der Waals surface area contributed by atoms with Crippen LogP contribution < -0.4 is 9.62 Å². The number of imidazole rings is 1. The summed E-state index contributed by atoms with van der Waals surface area (Å²) in [5, 5.41) is 3.31. The van der Waals surface area contributed by atoms with Crippen LogP contribution in [0.1, 0.15) is 11.1 Å². The number of rotatable bonds is 8. The molecule has 1 heterocycles. The molecule has 1 N–H and O–H groups in total. The summed E-state index contributed by atoms with van der Waals surface area (Å²) in [5.74, 6) is -0.439. The molecule has 0 spiro atoms. The predicted molar refractivity (Wildman–Crippen MR) is 133 cm³/mol. The normalized spacial score (nSPS) is 11.2. The van der Waals surface area contributed by atoms with Gasteiger partial charge in [0.2, 0.25) is 5.91 Å². The van der Waals surface area contributed by atoms with Gasteiger partial charge in [-0.1, -0.05) is 47.5 Å². The number of anilines is 1. The average molecular weight is 495 g/mol. The highest BCUT2D eigenvalue weighted by atomic mass is 35.5. The topological polar surface area (TPSA) is 84.3 Å². The van der Waals surface area contributed by atoms with E-state index < -0.39 is 15.9 Å². The number of hydrogen-bond acceptors (Lipinski definition) is 4. The standard InChI is InChI=1S/C25H23ClN4O3S/c1-19-6-12-23(13-7-19)34(32,33)30(22-10-8-21(26)9-11-22)17-25(31)28-16-20-4-2-3-5-24(20)29-15-14-27-18-29/h2-15,18H,16-17H2,1H3,(H,28,31). The van der Waals surface area contributed by atoms with Gasteiger partial charge in [-0.05, 0) is 55.0 Å². The lowest BCUT2D eigenvalue weighted by molar-refractivity contribution is -0.119. The molecular weight excluding hydrogens is 472 g/mol. The molecule has 0 saturated heterocycles. The Labute approximate surface area is 203 Å². The fourth-order valence-corrected chi connectivity index (χ4v) is 5.00. The van der Waals surface area contributed by atoms with Crippen LogP contribution in [0.15, 0.2) is 96.4 Å². The fourth-order valence-electron chi connectivity index (χ4n) is 3.45. The number of benzene rings is 3. The van der Waals surface area contributed by atoms with Crippen LogP contribution in [0, 0.1) is 6.92 Å². The van der Waals surface area contributed by atoms with Crippen LogP contribution in [0.3, 0.4) is 0 Å². The second kappa shape index (κ2) is 10.1. The first kappa shape index (κ1) is 23.5. The third-order valence-corrected chi connectivity index (χ3v) is 7.30. The number of carbonyl (C=O) groups is 1. The van der Waals surface area contributed by atoms with Gasteiger partial charge >= 0.3 is 0 Å². The molecule has 0 bridgehead atoms. The highest BCUT2D eigenvalue weighted by Crippen LogP contribution is 2.25. The van der Waals surface area contributed by atoms with E-state index in [0.717, 1.165) is 21.1 Å². The Bertz CT molecular complexity index is 1370. The molecule has 1 aromatic heterocycles. The van der Waals surface area contributed by atoms with E-state index in [0.29, 0.717) is 10.7 Å². The molecule has 3 aromatic carbocycles. The highest BCUT2D eigenvalue weighted by Gasteiger charge is 2.27. The fraction of sp³-hybridized carbons (Fsp3) is 0.120. The lowest BCUT2D eigenvalue weighted by Crippen LogP contribution is -2.40. The van der Waals surface area contributed by atoms with E-state index in [4.69, 9.17) is 11.6 Å². The maximum atomic E-state index is 13.5. The molecule has 0 saturated carbocycles. The lowest BCUT2D eigenvalue weighted by atomic mass is 10.1. The summed E-state index contributed by atoms with van der Waals surface area (Å²) < 4.78 is 29.8. The zero-order valence-corrected chi connectivity index (χ0v) is 20.0. The number of hydrogen-bond donors (Lipinski definition) is 1. The first-order valence-corrected chi connectivity index (χ1v) is 12.3. The summed E-state index contributed by atoms with van der Waals surface area (Å²) in [4.78, 5) is 17.1. The van der Waals surface area contributed by atoms with E-state index in [1.807, 2.05) is 42.0 Å². The Morgan fingerprint density at radius 2 is 1.74 bits per heavy atom. The summed E-state index contributed by atoms with van der Waals surface area (Å²) in [6.07, 6.45) is 5.17. The zero-order valence-electron chi connectivity index (χ0n) is 18.4. The molecule has 0 aliphatic carbocycles. The van der Waals surface area contributed by atoms with Gasteiger partial charge in [0.25, 0.3) is 10.0 Å². The minimum absolute atomic E-state index is 0.103. The number of aryl methyl sites for hydroxylation is 1. The summed E-state index contributed by atoms with van der Waals surface area (Å²) in [5.41, 5.74) is 3.03. The van der Waals surface area contributed by atoms with Crippen molar-refractivity contribution >= 4 is 33.2 Å². The maximum absolute atomic E-state index is 13.5. The third-order valence-electron chi connectivity index (χ3n) is 5.26. The van der Waals surface area contributed by atoms with E-state index in [2.05, 4.69) is 10.3 Å². The number of sulfonamides is 1.